The van der Waals surface area contributed by atoms with Crippen LogP contribution >= 0.6 is 11.8 Å². The van der Waals surface area contributed by atoms with Gasteiger partial charge >= 0.3 is 0 Å². The largest absolute Gasteiger partial charge is 0.342 e. The summed E-state index contributed by atoms with van der Waals surface area (Å²) in [5.41, 5.74) is 1.03. The number of benzene rings is 2. The first-order chi connectivity index (χ1) is 15.2. The van der Waals surface area contributed by atoms with E-state index in [-0.39, 0.29) is 17.1 Å². The van der Waals surface area contributed by atoms with Gasteiger partial charge in [0.1, 0.15) is 5.25 Å². The van der Waals surface area contributed by atoms with Gasteiger partial charge in [-0.15, -0.1) is 11.8 Å². The third-order valence-corrected chi connectivity index (χ3v) is 7.65. The average Bonchev–Trinajstić information content (AvgIpc) is 3.13. The predicted octanol–water partition coefficient (Wildman–Crippen LogP) is 5.16. The normalized spacial score (nSPS) is 19.0. The molecule has 31 heavy (non-hydrogen) atoms. The molecule has 4 rings (SSSR count). The van der Waals surface area contributed by atoms with E-state index in [0.29, 0.717) is 19.0 Å². The summed E-state index contributed by atoms with van der Waals surface area (Å²) in [4.78, 5) is 31.7. The van der Waals surface area contributed by atoms with Gasteiger partial charge in [0.05, 0.1) is 0 Å². The molecule has 0 aliphatic carbocycles. The molecule has 2 aliphatic rings. The SMILES string of the molecule is O=C(C1CCN(C(=O)[C@H](Sc2ccccc2)c2ccccc2)CC1)N1CCCCCC1. The molecule has 164 valence electrons. The summed E-state index contributed by atoms with van der Waals surface area (Å²) >= 11 is 1.61. The van der Waals surface area contributed by atoms with Gasteiger partial charge in [0.15, 0.2) is 0 Å². The number of thioether (sulfide) groups is 1. The maximum atomic E-state index is 13.5. The topological polar surface area (TPSA) is 40.6 Å². The lowest BCUT2D eigenvalue weighted by atomic mass is 9.94. The highest BCUT2D eigenvalue weighted by Gasteiger charge is 2.33. The average molecular weight is 437 g/mol. The number of likely N-dealkylation sites (tertiary alicyclic amines) is 2. The Morgan fingerprint density at radius 2 is 1.32 bits per heavy atom. The van der Waals surface area contributed by atoms with Crippen molar-refractivity contribution in [3.63, 3.8) is 0 Å². The fourth-order valence-corrected chi connectivity index (χ4v) is 5.72. The zero-order valence-electron chi connectivity index (χ0n) is 18.1. The van der Waals surface area contributed by atoms with Crippen LogP contribution in [0.5, 0.6) is 0 Å². The van der Waals surface area contributed by atoms with Crippen LogP contribution in [0, 0.1) is 5.92 Å². The molecule has 0 radical (unpaired) electrons. The van der Waals surface area contributed by atoms with Gasteiger partial charge < -0.3 is 9.80 Å². The molecule has 5 heteroatoms. The molecule has 0 N–H and O–H groups in total. The van der Waals surface area contributed by atoms with Gasteiger partial charge in [0.25, 0.3) is 0 Å². The van der Waals surface area contributed by atoms with E-state index in [9.17, 15) is 9.59 Å². The van der Waals surface area contributed by atoms with Crippen LogP contribution in [0.3, 0.4) is 0 Å². The zero-order valence-corrected chi connectivity index (χ0v) is 18.9. The molecular weight excluding hydrogens is 404 g/mol. The minimum absolute atomic E-state index is 0.0686. The lowest BCUT2D eigenvalue weighted by Crippen LogP contribution is -2.45. The molecule has 0 bridgehead atoms. The molecule has 2 aromatic rings. The van der Waals surface area contributed by atoms with E-state index >= 15 is 0 Å². The summed E-state index contributed by atoms with van der Waals surface area (Å²) < 4.78 is 0. The van der Waals surface area contributed by atoms with Crippen LogP contribution in [-0.2, 0) is 9.59 Å². The Kier molecular flexibility index (Phi) is 7.68. The van der Waals surface area contributed by atoms with Crippen molar-refractivity contribution in [3.8, 4) is 0 Å². The highest BCUT2D eigenvalue weighted by atomic mass is 32.2. The number of nitrogens with zero attached hydrogens (tertiary/aromatic N) is 2. The molecule has 2 fully saturated rings. The highest BCUT2D eigenvalue weighted by Crippen LogP contribution is 2.37. The van der Waals surface area contributed by atoms with Crippen LogP contribution in [0.1, 0.15) is 49.3 Å². The van der Waals surface area contributed by atoms with Crippen molar-refractivity contribution >= 4 is 23.6 Å². The Labute approximate surface area is 190 Å². The van der Waals surface area contributed by atoms with Crippen LogP contribution in [-0.4, -0.2) is 47.8 Å². The Bertz CT molecular complexity index is 842. The van der Waals surface area contributed by atoms with E-state index < -0.39 is 0 Å². The molecule has 0 unspecified atom stereocenters. The number of carbonyl (C=O) groups is 2. The maximum absolute atomic E-state index is 13.5. The third-order valence-electron chi connectivity index (χ3n) is 6.40. The molecule has 0 aromatic heterocycles. The lowest BCUT2D eigenvalue weighted by molar-refractivity contribution is -0.140. The first-order valence-corrected chi connectivity index (χ1v) is 12.4. The van der Waals surface area contributed by atoms with Crippen molar-refractivity contribution in [2.45, 2.75) is 48.7 Å². The van der Waals surface area contributed by atoms with Gasteiger partial charge in [-0.3, -0.25) is 9.59 Å². The highest BCUT2D eigenvalue weighted by molar-refractivity contribution is 8.00. The first-order valence-electron chi connectivity index (χ1n) is 11.6. The summed E-state index contributed by atoms with van der Waals surface area (Å²) in [6, 6.07) is 20.2. The van der Waals surface area contributed by atoms with Crippen molar-refractivity contribution in [1.82, 2.24) is 9.80 Å². The Hall–Kier alpha value is -2.27. The van der Waals surface area contributed by atoms with Crippen molar-refractivity contribution in [1.29, 1.82) is 0 Å². The molecule has 1 atom stereocenters. The number of hydrogen-bond acceptors (Lipinski definition) is 3. The summed E-state index contributed by atoms with van der Waals surface area (Å²) in [5.74, 6) is 0.534. The standard InChI is InChI=1S/C26H32N2O2S/c29-25(27-17-9-1-2-10-18-27)22-15-19-28(20-16-22)26(30)24(21-11-5-3-6-12-21)31-23-13-7-4-8-14-23/h3-8,11-14,22,24H,1-2,9-10,15-20H2/t24-/m1/s1. The molecule has 2 aromatic carbocycles. The van der Waals surface area contributed by atoms with E-state index in [2.05, 4.69) is 17.0 Å². The van der Waals surface area contributed by atoms with Gasteiger partial charge in [0.2, 0.25) is 11.8 Å². The van der Waals surface area contributed by atoms with Crippen LogP contribution < -0.4 is 0 Å². The number of hydrogen-bond donors (Lipinski definition) is 0. The van der Waals surface area contributed by atoms with Crippen molar-refractivity contribution in [3.05, 3.63) is 66.2 Å². The van der Waals surface area contributed by atoms with Gasteiger partial charge in [-0.05, 0) is 43.4 Å². The second-order valence-electron chi connectivity index (χ2n) is 8.56. The number of rotatable bonds is 5. The Morgan fingerprint density at radius 3 is 1.94 bits per heavy atom. The molecular formula is C26H32N2O2S. The Balaban J connectivity index is 1.41. The zero-order chi connectivity index (χ0) is 21.5. The molecule has 2 amide bonds. The summed E-state index contributed by atoms with van der Waals surface area (Å²) in [6.45, 7) is 3.15. The van der Waals surface area contributed by atoms with E-state index in [0.717, 1.165) is 49.2 Å². The summed E-state index contributed by atoms with van der Waals surface area (Å²) in [7, 11) is 0. The quantitative estimate of drug-likeness (QED) is 0.608. The van der Waals surface area contributed by atoms with Gasteiger partial charge in [-0.1, -0.05) is 61.4 Å². The lowest BCUT2D eigenvalue weighted by Gasteiger charge is -2.35. The van der Waals surface area contributed by atoms with Crippen LogP contribution in [0.15, 0.2) is 65.6 Å². The molecule has 2 saturated heterocycles. The van der Waals surface area contributed by atoms with Gasteiger partial charge in [0, 0.05) is 37.0 Å². The molecule has 0 saturated carbocycles. The van der Waals surface area contributed by atoms with E-state index in [1.54, 1.807) is 11.8 Å². The fraction of sp³-hybridized carbons (Fsp3) is 0.462. The van der Waals surface area contributed by atoms with Crippen molar-refractivity contribution in [2.24, 2.45) is 5.92 Å². The van der Waals surface area contributed by atoms with Gasteiger partial charge in [-0.2, -0.15) is 0 Å². The third kappa shape index (κ3) is 5.70. The second kappa shape index (κ2) is 10.9. The van der Waals surface area contributed by atoms with Crippen molar-refractivity contribution < 1.29 is 9.59 Å². The van der Waals surface area contributed by atoms with Crippen LogP contribution in [0.4, 0.5) is 0 Å². The Morgan fingerprint density at radius 1 is 0.742 bits per heavy atom. The van der Waals surface area contributed by atoms with E-state index in [1.807, 2.05) is 53.4 Å². The number of amides is 2. The van der Waals surface area contributed by atoms with Crippen molar-refractivity contribution in [2.75, 3.05) is 26.2 Å². The molecule has 2 aliphatic heterocycles. The monoisotopic (exact) mass is 436 g/mol. The maximum Gasteiger partial charge on any atom is 0.240 e. The fourth-order valence-electron chi connectivity index (χ4n) is 4.59. The number of carbonyl (C=O) groups excluding carboxylic acids is 2. The van der Waals surface area contributed by atoms with Crippen LogP contribution in [0.25, 0.3) is 0 Å². The molecule has 0 spiro atoms. The number of piperidine rings is 1. The minimum Gasteiger partial charge on any atom is -0.342 e. The van der Waals surface area contributed by atoms with E-state index in [1.165, 1.54) is 12.8 Å². The predicted molar refractivity (Wildman–Crippen MR) is 126 cm³/mol. The molecule has 4 nitrogen and oxygen atoms in total. The smallest absolute Gasteiger partial charge is 0.240 e. The van der Waals surface area contributed by atoms with Gasteiger partial charge in [-0.25, -0.2) is 0 Å². The summed E-state index contributed by atoms with van der Waals surface area (Å²) in [5, 5.41) is -0.263. The van der Waals surface area contributed by atoms with E-state index in [4.69, 9.17) is 0 Å². The summed E-state index contributed by atoms with van der Waals surface area (Å²) in [6.07, 6.45) is 6.27. The molecule has 2 heterocycles. The first kappa shape index (κ1) is 21.9. The minimum atomic E-state index is -0.263. The second-order valence-corrected chi connectivity index (χ2v) is 9.74. The van der Waals surface area contributed by atoms with Crippen LogP contribution in [0.2, 0.25) is 0 Å².